The van der Waals surface area contributed by atoms with Crippen molar-refractivity contribution < 1.29 is 19.4 Å². The third kappa shape index (κ3) is 6.87. The minimum atomic E-state index is -0.0902. The quantitative estimate of drug-likeness (QED) is 0.560. The minimum Gasteiger partial charge on any atom is -0.492 e. The van der Waals surface area contributed by atoms with Gasteiger partial charge >= 0.3 is 0 Å². The van der Waals surface area contributed by atoms with Gasteiger partial charge < -0.3 is 24.5 Å². The van der Waals surface area contributed by atoms with Gasteiger partial charge in [-0.2, -0.15) is 0 Å². The number of amides is 2. The molecule has 0 bridgehead atoms. The van der Waals surface area contributed by atoms with E-state index in [9.17, 15) is 14.7 Å². The number of benzene rings is 2. The second kappa shape index (κ2) is 13.7. The van der Waals surface area contributed by atoms with Gasteiger partial charge in [-0.05, 0) is 74.4 Å². The predicted molar refractivity (Wildman–Crippen MR) is 152 cm³/mol. The highest BCUT2D eigenvalue weighted by Gasteiger charge is 2.24. The Balaban J connectivity index is 1.68. The number of nitrogens with zero attached hydrogens (tertiary/aromatic N) is 3. The number of anilines is 2. The summed E-state index contributed by atoms with van der Waals surface area (Å²) >= 11 is 0. The number of carbonyl (C=O) groups excluding carboxylic acids is 2. The summed E-state index contributed by atoms with van der Waals surface area (Å²) in [6, 6.07) is 11.6. The molecule has 1 saturated heterocycles. The van der Waals surface area contributed by atoms with Crippen molar-refractivity contribution in [2.24, 2.45) is 0 Å². The first-order chi connectivity index (χ1) is 18.5. The molecule has 2 heterocycles. The molecule has 7 heteroatoms. The summed E-state index contributed by atoms with van der Waals surface area (Å²) in [5, 5.41) is 9.77. The van der Waals surface area contributed by atoms with Crippen molar-refractivity contribution in [1.82, 2.24) is 4.90 Å². The van der Waals surface area contributed by atoms with E-state index in [0.717, 1.165) is 86.3 Å². The number of piperidine rings is 1. The SMILES string of the molecule is CCOc1ccc(C(=O)N2CCCCCCCN(C(C)=O)c3cc(CO)ccc3C2)cc1N1CCCCC1. The molecule has 2 aromatic carbocycles. The van der Waals surface area contributed by atoms with Gasteiger partial charge in [0.15, 0.2) is 0 Å². The molecule has 2 aromatic rings. The van der Waals surface area contributed by atoms with Crippen LogP contribution in [0.4, 0.5) is 11.4 Å². The maximum Gasteiger partial charge on any atom is 0.254 e. The number of fused-ring (bicyclic) bond motifs is 1. The van der Waals surface area contributed by atoms with E-state index >= 15 is 0 Å². The number of hydrogen-bond donors (Lipinski definition) is 1. The summed E-state index contributed by atoms with van der Waals surface area (Å²) in [5.41, 5.74) is 4.15. The lowest BCUT2D eigenvalue weighted by molar-refractivity contribution is -0.116. The van der Waals surface area contributed by atoms with Crippen LogP contribution in [-0.4, -0.2) is 54.6 Å². The highest BCUT2D eigenvalue weighted by Crippen LogP contribution is 2.33. The standard InChI is InChI=1S/C31H43N3O4/c1-3-38-30-15-14-26(21-29(30)32-16-9-7-10-17-32)31(37)33-18-8-5-4-6-11-19-34(24(2)36)28-20-25(23-35)12-13-27(28)22-33/h12-15,20-21,35H,3-11,16-19,22-23H2,1-2H3. The van der Waals surface area contributed by atoms with Crippen LogP contribution in [0, 0.1) is 0 Å². The van der Waals surface area contributed by atoms with Gasteiger partial charge in [0.1, 0.15) is 5.75 Å². The summed E-state index contributed by atoms with van der Waals surface area (Å²) in [4.78, 5) is 32.7. The first-order valence-corrected chi connectivity index (χ1v) is 14.3. The summed E-state index contributed by atoms with van der Waals surface area (Å²) in [6.07, 6.45) is 8.61. The van der Waals surface area contributed by atoms with E-state index in [1.165, 1.54) is 6.42 Å². The second-order valence-electron chi connectivity index (χ2n) is 10.4. The van der Waals surface area contributed by atoms with Crippen molar-refractivity contribution in [3.05, 3.63) is 53.1 Å². The van der Waals surface area contributed by atoms with E-state index in [-0.39, 0.29) is 18.4 Å². The highest BCUT2D eigenvalue weighted by molar-refractivity contribution is 5.96. The third-order valence-corrected chi connectivity index (χ3v) is 7.66. The van der Waals surface area contributed by atoms with Gasteiger partial charge in [0.25, 0.3) is 5.91 Å². The third-order valence-electron chi connectivity index (χ3n) is 7.66. The molecule has 0 saturated carbocycles. The van der Waals surface area contributed by atoms with Crippen LogP contribution in [0.15, 0.2) is 36.4 Å². The molecule has 38 heavy (non-hydrogen) atoms. The predicted octanol–water partition coefficient (Wildman–Crippen LogP) is 5.53. The average Bonchev–Trinajstić information content (AvgIpc) is 2.93. The van der Waals surface area contributed by atoms with Crippen LogP contribution in [0.3, 0.4) is 0 Å². The molecular weight excluding hydrogens is 478 g/mol. The average molecular weight is 522 g/mol. The molecule has 0 aromatic heterocycles. The number of aliphatic hydroxyl groups excluding tert-OH is 1. The Kier molecular flexibility index (Phi) is 10.0. The molecule has 2 amide bonds. The van der Waals surface area contributed by atoms with Gasteiger partial charge in [-0.25, -0.2) is 0 Å². The van der Waals surface area contributed by atoms with Crippen molar-refractivity contribution in [2.45, 2.75) is 78.4 Å². The van der Waals surface area contributed by atoms with E-state index in [1.54, 1.807) is 6.92 Å². The molecule has 0 unspecified atom stereocenters. The Morgan fingerprint density at radius 2 is 1.53 bits per heavy atom. The normalized spacial score (nSPS) is 17.3. The highest BCUT2D eigenvalue weighted by atomic mass is 16.5. The molecule has 0 radical (unpaired) electrons. The Morgan fingerprint density at radius 3 is 2.24 bits per heavy atom. The van der Waals surface area contributed by atoms with Crippen molar-refractivity contribution >= 4 is 23.2 Å². The largest absolute Gasteiger partial charge is 0.492 e. The summed E-state index contributed by atoms with van der Waals surface area (Å²) in [6.45, 7) is 7.73. The Labute approximate surface area is 227 Å². The lowest BCUT2D eigenvalue weighted by Gasteiger charge is -2.31. The van der Waals surface area contributed by atoms with Gasteiger partial charge in [0.2, 0.25) is 5.91 Å². The molecule has 0 aliphatic carbocycles. The number of ether oxygens (including phenoxy) is 1. The van der Waals surface area contributed by atoms with Crippen LogP contribution in [0.1, 0.15) is 86.7 Å². The number of carbonyl (C=O) groups is 2. The fraction of sp³-hybridized carbons (Fsp3) is 0.548. The maximum absolute atomic E-state index is 14.0. The topological polar surface area (TPSA) is 73.3 Å². The molecule has 0 spiro atoms. The van der Waals surface area contributed by atoms with Gasteiger partial charge in [0, 0.05) is 50.9 Å². The molecule has 4 rings (SSSR count). The van der Waals surface area contributed by atoms with Crippen LogP contribution in [0.5, 0.6) is 5.75 Å². The first kappa shape index (κ1) is 28.0. The van der Waals surface area contributed by atoms with Crippen LogP contribution >= 0.6 is 0 Å². The van der Waals surface area contributed by atoms with Crippen molar-refractivity contribution in [3.63, 3.8) is 0 Å². The fourth-order valence-corrected chi connectivity index (χ4v) is 5.59. The molecular formula is C31H43N3O4. The molecule has 1 fully saturated rings. The van der Waals surface area contributed by atoms with Crippen LogP contribution in [0.25, 0.3) is 0 Å². The van der Waals surface area contributed by atoms with Crippen molar-refractivity contribution in [2.75, 3.05) is 42.6 Å². The molecule has 7 nitrogen and oxygen atoms in total. The fourth-order valence-electron chi connectivity index (χ4n) is 5.59. The van der Waals surface area contributed by atoms with E-state index in [0.29, 0.717) is 31.8 Å². The molecule has 0 atom stereocenters. The number of rotatable bonds is 5. The Morgan fingerprint density at radius 1 is 0.842 bits per heavy atom. The van der Waals surface area contributed by atoms with Gasteiger partial charge in [-0.3, -0.25) is 9.59 Å². The lowest BCUT2D eigenvalue weighted by atomic mass is 10.0. The zero-order valence-corrected chi connectivity index (χ0v) is 23.1. The number of aliphatic hydroxyl groups is 1. The summed E-state index contributed by atoms with van der Waals surface area (Å²) < 4.78 is 5.94. The first-order valence-electron chi connectivity index (χ1n) is 14.3. The number of hydrogen-bond acceptors (Lipinski definition) is 5. The van der Waals surface area contributed by atoms with Gasteiger partial charge in [0.05, 0.1) is 18.9 Å². The van der Waals surface area contributed by atoms with Crippen LogP contribution < -0.4 is 14.5 Å². The van der Waals surface area contributed by atoms with E-state index in [4.69, 9.17) is 4.74 Å². The maximum atomic E-state index is 14.0. The van der Waals surface area contributed by atoms with Crippen LogP contribution in [-0.2, 0) is 17.9 Å². The van der Waals surface area contributed by atoms with Crippen LogP contribution in [0.2, 0.25) is 0 Å². The smallest absolute Gasteiger partial charge is 0.254 e. The minimum absolute atomic E-state index is 0.00470. The zero-order chi connectivity index (χ0) is 26.9. The Hall–Kier alpha value is -3.06. The summed E-state index contributed by atoms with van der Waals surface area (Å²) in [5.74, 6) is 0.808. The molecule has 2 aliphatic rings. The van der Waals surface area contributed by atoms with Gasteiger partial charge in [-0.15, -0.1) is 0 Å². The van der Waals surface area contributed by atoms with E-state index < -0.39 is 0 Å². The van der Waals surface area contributed by atoms with E-state index in [1.807, 2.05) is 53.1 Å². The second-order valence-corrected chi connectivity index (χ2v) is 10.4. The van der Waals surface area contributed by atoms with Gasteiger partial charge in [-0.1, -0.05) is 31.4 Å². The summed E-state index contributed by atoms with van der Waals surface area (Å²) in [7, 11) is 0. The lowest BCUT2D eigenvalue weighted by Crippen LogP contribution is -2.35. The van der Waals surface area contributed by atoms with E-state index in [2.05, 4.69) is 4.90 Å². The van der Waals surface area contributed by atoms with Crippen molar-refractivity contribution in [1.29, 1.82) is 0 Å². The molecule has 206 valence electrons. The zero-order valence-electron chi connectivity index (χ0n) is 23.1. The monoisotopic (exact) mass is 521 g/mol. The van der Waals surface area contributed by atoms with Crippen molar-refractivity contribution in [3.8, 4) is 5.75 Å². The molecule has 1 N–H and O–H groups in total. The molecule has 2 aliphatic heterocycles. The Bertz CT molecular complexity index is 1100.